The summed E-state index contributed by atoms with van der Waals surface area (Å²) in [5.41, 5.74) is 2.14. The maximum Gasteiger partial charge on any atom is 0.0737 e. The van der Waals surface area contributed by atoms with Gasteiger partial charge in [0.25, 0.3) is 0 Å². The average Bonchev–Trinajstić information content (AvgIpc) is 2.16. The lowest BCUT2D eigenvalue weighted by Crippen LogP contribution is -2.00. The number of nitriles is 1. The van der Waals surface area contributed by atoms with Crippen molar-refractivity contribution < 1.29 is 5.11 Å². The zero-order chi connectivity index (χ0) is 9.68. The molecule has 0 aromatic heterocycles. The molecule has 0 aliphatic heterocycles. The van der Waals surface area contributed by atoms with E-state index in [4.69, 9.17) is 10.4 Å². The Morgan fingerprint density at radius 3 is 2.69 bits per heavy atom. The highest BCUT2D eigenvalue weighted by molar-refractivity contribution is 5.32. The largest absolute Gasteiger partial charge is 0.396 e. The molecule has 0 aliphatic rings. The van der Waals surface area contributed by atoms with Crippen LogP contribution in [0.3, 0.4) is 0 Å². The van der Waals surface area contributed by atoms with Crippen molar-refractivity contribution in [3.05, 3.63) is 35.4 Å². The molecular weight excluding hydrogens is 162 g/mol. The number of aliphatic hydroxyl groups is 1. The monoisotopic (exact) mass is 175 g/mol. The zero-order valence-corrected chi connectivity index (χ0v) is 7.70. The highest BCUT2D eigenvalue weighted by Crippen LogP contribution is 2.21. The van der Waals surface area contributed by atoms with Gasteiger partial charge in [0, 0.05) is 6.61 Å². The van der Waals surface area contributed by atoms with Crippen molar-refractivity contribution in [2.45, 2.75) is 19.3 Å². The number of aliphatic hydroxyl groups excluding tert-OH is 1. The second-order valence-corrected chi connectivity index (χ2v) is 3.05. The maximum atomic E-state index is 8.87. The number of hydrogen-bond donors (Lipinski definition) is 1. The van der Waals surface area contributed by atoms with Crippen molar-refractivity contribution in [1.29, 1.82) is 5.26 Å². The van der Waals surface area contributed by atoms with Gasteiger partial charge in [0.1, 0.15) is 0 Å². The lowest BCUT2D eigenvalue weighted by atomic mass is 9.94. The van der Waals surface area contributed by atoms with E-state index in [9.17, 15) is 0 Å². The van der Waals surface area contributed by atoms with Crippen molar-refractivity contribution in [1.82, 2.24) is 0 Å². The Balaban J connectivity index is 2.92. The highest BCUT2D eigenvalue weighted by Gasteiger charge is 2.11. The van der Waals surface area contributed by atoms with Gasteiger partial charge in [-0.1, -0.05) is 24.3 Å². The first-order chi connectivity index (χ1) is 6.29. The maximum absolute atomic E-state index is 8.87. The van der Waals surface area contributed by atoms with Crippen LogP contribution in [0, 0.1) is 18.3 Å². The highest BCUT2D eigenvalue weighted by atomic mass is 16.3. The molecule has 1 atom stereocenters. The van der Waals surface area contributed by atoms with Crippen LogP contribution in [-0.2, 0) is 0 Å². The van der Waals surface area contributed by atoms with E-state index in [0.29, 0.717) is 6.42 Å². The van der Waals surface area contributed by atoms with Crippen LogP contribution in [0.2, 0.25) is 0 Å². The van der Waals surface area contributed by atoms with E-state index in [1.165, 1.54) is 0 Å². The molecule has 1 rings (SSSR count). The van der Waals surface area contributed by atoms with Crippen molar-refractivity contribution >= 4 is 0 Å². The number of aryl methyl sites for hydroxylation is 1. The Kier molecular flexibility index (Phi) is 3.48. The second kappa shape index (κ2) is 4.64. The smallest absolute Gasteiger partial charge is 0.0737 e. The van der Waals surface area contributed by atoms with Crippen molar-refractivity contribution in [3.8, 4) is 6.07 Å². The van der Waals surface area contributed by atoms with Crippen molar-refractivity contribution in [2.24, 2.45) is 0 Å². The molecule has 0 saturated heterocycles. The van der Waals surface area contributed by atoms with Gasteiger partial charge in [0.05, 0.1) is 12.0 Å². The van der Waals surface area contributed by atoms with Crippen LogP contribution in [0.25, 0.3) is 0 Å². The van der Waals surface area contributed by atoms with E-state index in [2.05, 4.69) is 6.07 Å². The summed E-state index contributed by atoms with van der Waals surface area (Å²) in [6.45, 7) is 2.05. The van der Waals surface area contributed by atoms with Crippen LogP contribution in [0.1, 0.15) is 23.5 Å². The molecule has 1 unspecified atom stereocenters. The molecular formula is C11H13NO. The van der Waals surface area contributed by atoms with E-state index in [-0.39, 0.29) is 12.5 Å². The molecule has 0 heterocycles. The molecule has 68 valence electrons. The molecule has 2 nitrogen and oxygen atoms in total. The first-order valence-corrected chi connectivity index (χ1v) is 4.35. The van der Waals surface area contributed by atoms with Crippen LogP contribution >= 0.6 is 0 Å². The molecule has 2 heteroatoms. The molecule has 0 saturated carbocycles. The number of benzene rings is 1. The van der Waals surface area contributed by atoms with E-state index >= 15 is 0 Å². The fraction of sp³-hybridized carbons (Fsp3) is 0.364. The minimum Gasteiger partial charge on any atom is -0.396 e. The predicted octanol–water partition coefficient (Wildman–Crippen LogP) is 1.98. The molecule has 0 fully saturated rings. The van der Waals surface area contributed by atoms with Crippen LogP contribution in [-0.4, -0.2) is 11.7 Å². The summed E-state index contributed by atoms with van der Waals surface area (Å²) in [5, 5.41) is 17.6. The summed E-state index contributed by atoms with van der Waals surface area (Å²) in [6, 6.07) is 10.00. The van der Waals surface area contributed by atoms with Gasteiger partial charge in [-0.3, -0.25) is 0 Å². The summed E-state index contributed by atoms with van der Waals surface area (Å²) in [5.74, 6) is -0.175. The summed E-state index contributed by atoms with van der Waals surface area (Å²) in [6.07, 6.45) is 0.515. The fourth-order valence-corrected chi connectivity index (χ4v) is 1.40. The fourth-order valence-electron chi connectivity index (χ4n) is 1.40. The van der Waals surface area contributed by atoms with Gasteiger partial charge >= 0.3 is 0 Å². The molecule has 1 aromatic rings. The van der Waals surface area contributed by atoms with Gasteiger partial charge in [-0.25, -0.2) is 0 Å². The summed E-state index contributed by atoms with van der Waals surface area (Å²) in [4.78, 5) is 0. The molecule has 0 bridgehead atoms. The summed E-state index contributed by atoms with van der Waals surface area (Å²) >= 11 is 0. The predicted molar refractivity (Wildman–Crippen MR) is 51.2 cm³/mol. The Hall–Kier alpha value is -1.33. The van der Waals surface area contributed by atoms with Gasteiger partial charge in [0.2, 0.25) is 0 Å². The molecule has 0 amide bonds. The topological polar surface area (TPSA) is 44.0 Å². The Morgan fingerprint density at radius 2 is 2.15 bits per heavy atom. The van der Waals surface area contributed by atoms with Gasteiger partial charge < -0.3 is 5.11 Å². The molecule has 13 heavy (non-hydrogen) atoms. The summed E-state index contributed by atoms with van der Waals surface area (Å²) in [7, 11) is 0. The van der Waals surface area contributed by atoms with E-state index < -0.39 is 0 Å². The van der Waals surface area contributed by atoms with Crippen LogP contribution in [0.15, 0.2) is 24.3 Å². The normalized spacial score (nSPS) is 12.1. The Morgan fingerprint density at radius 1 is 1.46 bits per heavy atom. The molecule has 1 aromatic carbocycles. The van der Waals surface area contributed by atoms with Gasteiger partial charge in [-0.15, -0.1) is 0 Å². The molecule has 1 N–H and O–H groups in total. The van der Waals surface area contributed by atoms with Gasteiger partial charge in [-0.05, 0) is 24.5 Å². The quantitative estimate of drug-likeness (QED) is 0.763. The van der Waals surface area contributed by atoms with Crippen LogP contribution in [0.5, 0.6) is 0 Å². The third kappa shape index (κ3) is 2.30. The lowest BCUT2D eigenvalue weighted by Gasteiger charge is -2.09. The molecule has 0 spiro atoms. The minimum absolute atomic E-state index is 0.0621. The first kappa shape index (κ1) is 9.76. The average molecular weight is 175 g/mol. The minimum atomic E-state index is -0.175. The second-order valence-electron chi connectivity index (χ2n) is 3.05. The standard InChI is InChI=1S/C11H13NO/c1-9-4-2-3-5-11(9)10(8-12)6-7-13/h2-5,10,13H,6-7H2,1H3. The van der Waals surface area contributed by atoms with Crippen molar-refractivity contribution in [2.75, 3.05) is 6.61 Å². The number of hydrogen-bond acceptors (Lipinski definition) is 2. The first-order valence-electron chi connectivity index (χ1n) is 4.35. The van der Waals surface area contributed by atoms with Crippen LogP contribution < -0.4 is 0 Å². The SMILES string of the molecule is Cc1ccccc1C(C#N)CCO. The third-order valence-electron chi connectivity index (χ3n) is 2.14. The van der Waals surface area contributed by atoms with E-state index in [1.807, 2.05) is 31.2 Å². The summed E-state index contributed by atoms with van der Waals surface area (Å²) < 4.78 is 0. The molecule has 0 radical (unpaired) electrons. The third-order valence-corrected chi connectivity index (χ3v) is 2.14. The van der Waals surface area contributed by atoms with Crippen LogP contribution in [0.4, 0.5) is 0 Å². The van der Waals surface area contributed by atoms with Gasteiger partial charge in [-0.2, -0.15) is 5.26 Å². The molecule has 0 aliphatic carbocycles. The lowest BCUT2D eigenvalue weighted by molar-refractivity contribution is 0.283. The Bertz CT molecular complexity index is 314. The van der Waals surface area contributed by atoms with E-state index in [1.54, 1.807) is 0 Å². The van der Waals surface area contributed by atoms with Crippen molar-refractivity contribution in [3.63, 3.8) is 0 Å². The van der Waals surface area contributed by atoms with Gasteiger partial charge in [0.15, 0.2) is 0 Å². The zero-order valence-electron chi connectivity index (χ0n) is 7.70. The van der Waals surface area contributed by atoms with E-state index in [0.717, 1.165) is 11.1 Å². The Labute approximate surface area is 78.4 Å². The number of nitrogens with zero attached hydrogens (tertiary/aromatic N) is 1. The number of rotatable bonds is 3.